The highest BCUT2D eigenvalue weighted by Gasteiger charge is 2.21. The monoisotopic (exact) mass is 291 g/mol. The highest BCUT2D eigenvalue weighted by atomic mass is 16.5. The van der Waals surface area contributed by atoms with Crippen LogP contribution in [0.1, 0.15) is 23.2 Å². The number of benzene rings is 1. The summed E-state index contributed by atoms with van der Waals surface area (Å²) in [5, 5.41) is 0. The normalized spacial score (nSPS) is 16.0. The number of amides is 1. The second-order valence-electron chi connectivity index (χ2n) is 5.86. The minimum atomic E-state index is -0.0212. The molecule has 1 aliphatic heterocycles. The Morgan fingerprint density at radius 3 is 2.57 bits per heavy atom. The van der Waals surface area contributed by atoms with Gasteiger partial charge < -0.3 is 20.3 Å². The molecule has 0 aromatic heterocycles. The van der Waals surface area contributed by atoms with Gasteiger partial charge in [0, 0.05) is 46.5 Å². The van der Waals surface area contributed by atoms with Gasteiger partial charge in [-0.1, -0.05) is 0 Å². The van der Waals surface area contributed by atoms with Crippen molar-refractivity contribution in [1.29, 1.82) is 0 Å². The van der Waals surface area contributed by atoms with Crippen LogP contribution in [0.5, 0.6) is 0 Å². The second kappa shape index (κ2) is 6.80. The quantitative estimate of drug-likeness (QED) is 0.860. The molecule has 1 heterocycles. The molecule has 1 aromatic rings. The van der Waals surface area contributed by atoms with Crippen molar-refractivity contribution in [2.75, 3.05) is 51.5 Å². The maximum atomic E-state index is 11.9. The molecule has 0 unspecified atom stereocenters. The molecule has 0 atom stereocenters. The summed E-state index contributed by atoms with van der Waals surface area (Å²) < 4.78 is 5.23. The molecule has 5 nitrogen and oxygen atoms in total. The maximum absolute atomic E-state index is 11.9. The van der Waals surface area contributed by atoms with E-state index in [1.54, 1.807) is 32.2 Å². The van der Waals surface area contributed by atoms with Gasteiger partial charge in [0.05, 0.1) is 11.4 Å². The van der Waals surface area contributed by atoms with Crippen LogP contribution < -0.4 is 10.6 Å². The number of carbonyl (C=O) groups excluding carboxylic acids is 1. The van der Waals surface area contributed by atoms with Crippen molar-refractivity contribution in [3.05, 3.63) is 23.8 Å². The lowest BCUT2D eigenvalue weighted by atomic mass is 9.97. The molecule has 0 aliphatic carbocycles. The molecule has 21 heavy (non-hydrogen) atoms. The van der Waals surface area contributed by atoms with Gasteiger partial charge in [0.2, 0.25) is 0 Å². The van der Waals surface area contributed by atoms with E-state index in [1.807, 2.05) is 12.1 Å². The molecule has 0 spiro atoms. The Bertz CT molecular complexity index is 494. The van der Waals surface area contributed by atoms with Crippen LogP contribution in [0.2, 0.25) is 0 Å². The summed E-state index contributed by atoms with van der Waals surface area (Å²) in [7, 11) is 5.24. The van der Waals surface area contributed by atoms with Gasteiger partial charge in [0.15, 0.2) is 0 Å². The second-order valence-corrected chi connectivity index (χ2v) is 5.86. The topological polar surface area (TPSA) is 58.8 Å². The number of carbonyl (C=O) groups is 1. The number of nitrogen functional groups attached to an aromatic ring is 1. The van der Waals surface area contributed by atoms with E-state index in [0.717, 1.165) is 38.2 Å². The van der Waals surface area contributed by atoms with Crippen molar-refractivity contribution in [3.8, 4) is 0 Å². The van der Waals surface area contributed by atoms with E-state index in [-0.39, 0.29) is 5.91 Å². The smallest absolute Gasteiger partial charge is 0.253 e. The van der Waals surface area contributed by atoms with Gasteiger partial charge in [0.25, 0.3) is 5.91 Å². The summed E-state index contributed by atoms with van der Waals surface area (Å²) in [6.07, 6.45) is 2.23. The average Bonchev–Trinajstić information content (AvgIpc) is 2.47. The fraction of sp³-hybridized carbons (Fsp3) is 0.562. The minimum absolute atomic E-state index is 0.0212. The average molecular weight is 291 g/mol. The van der Waals surface area contributed by atoms with E-state index < -0.39 is 0 Å². The van der Waals surface area contributed by atoms with Crippen LogP contribution in [-0.4, -0.2) is 51.7 Å². The summed E-state index contributed by atoms with van der Waals surface area (Å²) in [6.45, 7) is 2.80. The minimum Gasteiger partial charge on any atom is -0.397 e. The summed E-state index contributed by atoms with van der Waals surface area (Å²) in [5.74, 6) is 0.620. The molecule has 1 amide bonds. The molecule has 2 rings (SSSR count). The first-order valence-electron chi connectivity index (χ1n) is 7.38. The lowest BCUT2D eigenvalue weighted by molar-refractivity contribution is 0.0827. The molecule has 1 aromatic carbocycles. The van der Waals surface area contributed by atoms with E-state index in [2.05, 4.69) is 4.90 Å². The van der Waals surface area contributed by atoms with E-state index in [1.165, 1.54) is 0 Å². The lowest BCUT2D eigenvalue weighted by Crippen LogP contribution is -2.35. The SMILES string of the molecule is COCC1CCN(c2ccc(C(=O)N(C)C)cc2N)CC1. The summed E-state index contributed by atoms with van der Waals surface area (Å²) in [4.78, 5) is 15.8. The number of anilines is 2. The van der Waals surface area contributed by atoms with Gasteiger partial charge in [-0.3, -0.25) is 4.79 Å². The zero-order valence-electron chi connectivity index (χ0n) is 13.1. The molecular weight excluding hydrogens is 266 g/mol. The lowest BCUT2D eigenvalue weighted by Gasteiger charge is -2.34. The number of rotatable bonds is 4. The number of nitrogens with two attached hydrogens (primary N) is 1. The van der Waals surface area contributed by atoms with E-state index in [0.29, 0.717) is 17.2 Å². The van der Waals surface area contributed by atoms with Crippen LogP contribution in [0.15, 0.2) is 18.2 Å². The Morgan fingerprint density at radius 2 is 2.05 bits per heavy atom. The van der Waals surface area contributed by atoms with Gasteiger partial charge >= 0.3 is 0 Å². The Balaban J connectivity index is 2.07. The highest BCUT2D eigenvalue weighted by molar-refractivity contribution is 5.95. The Morgan fingerprint density at radius 1 is 1.38 bits per heavy atom. The van der Waals surface area contributed by atoms with Crippen molar-refractivity contribution >= 4 is 17.3 Å². The molecule has 0 bridgehead atoms. The van der Waals surface area contributed by atoms with Gasteiger partial charge in [-0.05, 0) is 37.0 Å². The van der Waals surface area contributed by atoms with Gasteiger partial charge in [-0.2, -0.15) is 0 Å². The van der Waals surface area contributed by atoms with Gasteiger partial charge in [-0.15, -0.1) is 0 Å². The molecule has 1 fully saturated rings. The van der Waals surface area contributed by atoms with Crippen LogP contribution in [0.3, 0.4) is 0 Å². The number of piperidine rings is 1. The zero-order chi connectivity index (χ0) is 15.4. The summed E-state index contributed by atoms with van der Waals surface area (Å²) >= 11 is 0. The first-order chi connectivity index (χ1) is 10.0. The number of hydrogen-bond donors (Lipinski definition) is 1. The van der Waals surface area contributed by atoms with Gasteiger partial charge in [-0.25, -0.2) is 0 Å². The maximum Gasteiger partial charge on any atom is 0.253 e. The zero-order valence-corrected chi connectivity index (χ0v) is 13.1. The molecule has 2 N–H and O–H groups in total. The van der Waals surface area contributed by atoms with E-state index >= 15 is 0 Å². The van der Waals surface area contributed by atoms with E-state index in [9.17, 15) is 4.79 Å². The first kappa shape index (κ1) is 15.6. The van der Waals surface area contributed by atoms with Crippen molar-refractivity contribution in [3.63, 3.8) is 0 Å². The van der Waals surface area contributed by atoms with Crippen LogP contribution in [-0.2, 0) is 4.74 Å². The Hall–Kier alpha value is -1.75. The van der Waals surface area contributed by atoms with E-state index in [4.69, 9.17) is 10.5 Å². The highest BCUT2D eigenvalue weighted by Crippen LogP contribution is 2.29. The Labute approximate surface area is 126 Å². The third-order valence-electron chi connectivity index (χ3n) is 4.04. The fourth-order valence-electron chi connectivity index (χ4n) is 2.81. The van der Waals surface area contributed by atoms with Crippen LogP contribution >= 0.6 is 0 Å². The van der Waals surface area contributed by atoms with Crippen molar-refractivity contribution in [2.45, 2.75) is 12.8 Å². The van der Waals surface area contributed by atoms with Crippen molar-refractivity contribution in [1.82, 2.24) is 4.90 Å². The predicted molar refractivity (Wildman–Crippen MR) is 85.7 cm³/mol. The molecule has 0 saturated carbocycles. The Kier molecular flexibility index (Phi) is 5.07. The van der Waals surface area contributed by atoms with Crippen molar-refractivity contribution in [2.24, 2.45) is 5.92 Å². The standard InChI is InChI=1S/C16H25N3O2/c1-18(2)16(20)13-4-5-15(14(17)10-13)19-8-6-12(7-9-19)11-21-3/h4-5,10,12H,6-9,11,17H2,1-3H3. The van der Waals surface area contributed by atoms with Crippen molar-refractivity contribution < 1.29 is 9.53 Å². The third-order valence-corrected chi connectivity index (χ3v) is 4.04. The number of methoxy groups -OCH3 is 1. The first-order valence-corrected chi connectivity index (χ1v) is 7.38. The van der Waals surface area contributed by atoms with Gasteiger partial charge in [0.1, 0.15) is 0 Å². The van der Waals surface area contributed by atoms with Crippen LogP contribution in [0.4, 0.5) is 11.4 Å². The fourth-order valence-corrected chi connectivity index (χ4v) is 2.81. The largest absolute Gasteiger partial charge is 0.397 e. The predicted octanol–water partition coefficient (Wildman–Crippen LogP) is 1.83. The molecular formula is C16H25N3O2. The molecule has 1 saturated heterocycles. The molecule has 0 radical (unpaired) electrons. The molecule has 5 heteroatoms. The number of hydrogen-bond acceptors (Lipinski definition) is 4. The summed E-state index contributed by atoms with van der Waals surface area (Å²) in [6, 6.07) is 5.59. The molecule has 1 aliphatic rings. The van der Waals surface area contributed by atoms with Crippen LogP contribution in [0.25, 0.3) is 0 Å². The van der Waals surface area contributed by atoms with Crippen LogP contribution in [0, 0.1) is 5.92 Å². The molecule has 116 valence electrons. The number of ether oxygens (including phenoxy) is 1. The summed E-state index contributed by atoms with van der Waals surface area (Å²) in [5.41, 5.74) is 8.48. The number of nitrogens with zero attached hydrogens (tertiary/aromatic N) is 2. The third kappa shape index (κ3) is 3.67.